The molecule has 4 aliphatic heterocycles. The summed E-state index contributed by atoms with van der Waals surface area (Å²) in [6.07, 6.45) is 13.4. The first-order valence-electron chi connectivity index (χ1n) is 38.1. The molecule has 8 aliphatic carbocycles. The van der Waals surface area contributed by atoms with E-state index in [4.69, 9.17) is 18.9 Å². The first kappa shape index (κ1) is 72.1. The fourth-order valence-corrected chi connectivity index (χ4v) is 22.1. The molecule has 3 amide bonds. The summed E-state index contributed by atoms with van der Waals surface area (Å²) in [7, 11) is 0. The number of carbonyl (C=O) groups is 7. The monoisotopic (exact) mass is 1380 g/mol. The Morgan fingerprint density at radius 2 is 1.07 bits per heavy atom. The molecule has 4 saturated carbocycles. The predicted molar refractivity (Wildman–Crippen MR) is 373 cm³/mol. The van der Waals surface area contributed by atoms with Crippen LogP contribution >= 0.6 is 0 Å². The lowest BCUT2D eigenvalue weighted by molar-refractivity contribution is -0.192. The maximum atomic E-state index is 14.7. The van der Waals surface area contributed by atoms with Crippen molar-refractivity contribution in [1.82, 2.24) is 20.9 Å². The number of benzene rings is 2. The van der Waals surface area contributed by atoms with Crippen LogP contribution in [0.4, 0.5) is 22.8 Å². The maximum Gasteiger partial charge on any atom is 0.471 e. The standard InChI is InChI=1S/C42H53F3N2O6.C40H54N2O5/c1-24-21-33-36(47(23-24)38(50)42(43,44)45)26(3)41(53-33)19-17-31-32-15-13-28-22-30(16-18-40(28,4)35(32)37(49)34(31)25(41)2)52-39(51)46-20-8-11-29(48)14-12-27-9-6-5-7-10-27;1-24-21-33-36(42-23-24)26(3)40(47-33)19-17-31-32-15-13-28-22-30(16-18-39(28,4)35(32)37(44)34(31)25(40)2)46-38(45)41-20-8-11-29(43)14-12-27-9-6-5-7-10-27/h5-7,9-10,13,24,26,30-33,35-36H,8,11-12,14-23H2,1-4H3,(H,46,51);5-7,9-10,13,24,26,30-33,35-36,42H,8,11-12,14-23H2,1-4H3,(H,41,45)/t24-,26+,30-,31-,32-,33+,35+,36-,40-,41-;24-,26+,30-,31-,32-,33+,35+,36-,39-,40-/m00/s1. The number of carbonyl (C=O) groups excluding carboxylic acids is 7. The van der Waals surface area contributed by atoms with Gasteiger partial charge in [0.1, 0.15) is 23.8 Å². The van der Waals surface area contributed by atoms with Gasteiger partial charge in [-0.1, -0.05) is 126 Å². The molecule has 12 aliphatic rings. The van der Waals surface area contributed by atoms with Gasteiger partial charge in [-0.3, -0.25) is 24.0 Å². The molecule has 20 atom stereocenters. The van der Waals surface area contributed by atoms with Crippen LogP contribution in [0.5, 0.6) is 0 Å². The van der Waals surface area contributed by atoms with Gasteiger partial charge < -0.3 is 39.8 Å². The van der Waals surface area contributed by atoms with Gasteiger partial charge in [-0.05, 0) is 192 Å². The number of nitrogens with zero attached hydrogens (tertiary/aromatic N) is 1. The summed E-state index contributed by atoms with van der Waals surface area (Å²) in [4.78, 5) is 92.9. The summed E-state index contributed by atoms with van der Waals surface area (Å²) in [6.45, 7) is 18.9. The van der Waals surface area contributed by atoms with Gasteiger partial charge in [-0.15, -0.1) is 0 Å². The molecule has 4 saturated heterocycles. The van der Waals surface area contributed by atoms with Crippen molar-refractivity contribution in [3.05, 3.63) is 117 Å². The van der Waals surface area contributed by atoms with Crippen LogP contribution in [-0.2, 0) is 55.8 Å². The smallest absolute Gasteiger partial charge is 0.446 e. The third-order valence-corrected chi connectivity index (χ3v) is 27.2. The third kappa shape index (κ3) is 13.5. The highest BCUT2D eigenvalue weighted by Gasteiger charge is 2.67. The number of amides is 3. The van der Waals surface area contributed by atoms with Crippen molar-refractivity contribution in [1.29, 1.82) is 0 Å². The number of fused-ring (bicyclic) bond motifs is 12. The highest BCUT2D eigenvalue weighted by molar-refractivity contribution is 6.03. The lowest BCUT2D eigenvalue weighted by atomic mass is 9.56. The lowest BCUT2D eigenvalue weighted by Gasteiger charge is -2.48. The van der Waals surface area contributed by atoms with Crippen molar-refractivity contribution in [3.8, 4) is 0 Å². The summed E-state index contributed by atoms with van der Waals surface area (Å²) in [5.74, 6) is 0.167. The first-order valence-corrected chi connectivity index (χ1v) is 38.1. The van der Waals surface area contributed by atoms with Gasteiger partial charge >= 0.3 is 24.3 Å². The quantitative estimate of drug-likeness (QED) is 0.106. The van der Waals surface area contributed by atoms with Crippen LogP contribution in [0, 0.1) is 70.0 Å². The van der Waals surface area contributed by atoms with Gasteiger partial charge in [0.05, 0.1) is 29.5 Å². The zero-order chi connectivity index (χ0) is 70.8. The minimum absolute atomic E-state index is 0.000983. The fraction of sp³-hybridized carbons (Fsp3) is 0.671. The van der Waals surface area contributed by atoms with Gasteiger partial charge in [0.15, 0.2) is 11.6 Å². The first-order chi connectivity index (χ1) is 47.7. The van der Waals surface area contributed by atoms with E-state index < -0.39 is 47.9 Å². The van der Waals surface area contributed by atoms with Crippen molar-refractivity contribution in [2.24, 2.45) is 70.0 Å². The number of halogens is 3. The molecule has 0 unspecified atom stereocenters. The minimum Gasteiger partial charge on any atom is -0.446 e. The Morgan fingerprint density at radius 1 is 0.610 bits per heavy atom. The third-order valence-electron chi connectivity index (χ3n) is 27.2. The molecule has 15 nitrogen and oxygen atoms in total. The Bertz CT molecular complexity index is 3610. The highest BCUT2D eigenvalue weighted by atomic mass is 19.4. The van der Waals surface area contributed by atoms with Crippen LogP contribution in [0.3, 0.4) is 0 Å². The number of piperidine rings is 2. The number of nitrogens with one attached hydrogen (secondary N) is 3. The largest absolute Gasteiger partial charge is 0.471 e. The van der Waals surface area contributed by atoms with Crippen LogP contribution in [0.15, 0.2) is 106 Å². The Balaban J connectivity index is 0.000000180. The summed E-state index contributed by atoms with van der Waals surface area (Å²) in [5.41, 5.74) is 6.92. The molecule has 2 spiro atoms. The van der Waals surface area contributed by atoms with E-state index in [1.165, 1.54) is 16.7 Å². The number of hydrogen-bond acceptors (Lipinski definition) is 12. The molecule has 0 radical (unpaired) electrons. The molecule has 0 aromatic heterocycles. The zero-order valence-corrected chi connectivity index (χ0v) is 60.1. The van der Waals surface area contributed by atoms with Crippen molar-refractivity contribution >= 4 is 41.2 Å². The number of alkyl carbamates (subject to hydrolysis) is 2. The van der Waals surface area contributed by atoms with Crippen LogP contribution in [0.1, 0.15) is 195 Å². The van der Waals surface area contributed by atoms with E-state index >= 15 is 0 Å². The molecule has 8 fully saturated rings. The average molecular weight is 1380 g/mol. The van der Waals surface area contributed by atoms with Crippen LogP contribution in [-0.4, -0.2) is 126 Å². The second kappa shape index (κ2) is 28.8. The van der Waals surface area contributed by atoms with E-state index in [9.17, 15) is 46.7 Å². The molecule has 4 heterocycles. The Hall–Kier alpha value is -6.24. The zero-order valence-electron chi connectivity index (χ0n) is 60.1. The molecular weight excluding hydrogens is 1270 g/mol. The van der Waals surface area contributed by atoms with E-state index in [1.54, 1.807) is 0 Å². The normalized spacial score (nSPS) is 37.6. The number of Topliss-reactive ketones (excluding diaryl/α,β-unsaturated/α-hetero) is 4. The van der Waals surface area contributed by atoms with Crippen LogP contribution in [0.25, 0.3) is 0 Å². The average Bonchev–Trinajstić information content (AvgIpc) is 1.54. The molecule has 2 aromatic carbocycles. The molecule has 0 bridgehead atoms. The lowest BCUT2D eigenvalue weighted by Crippen LogP contribution is -2.57. The highest BCUT2D eigenvalue weighted by Crippen LogP contribution is 2.66. The predicted octanol–water partition coefficient (Wildman–Crippen LogP) is 14.6. The van der Waals surface area contributed by atoms with Crippen molar-refractivity contribution in [3.63, 3.8) is 0 Å². The summed E-state index contributed by atoms with van der Waals surface area (Å²) in [5, 5.41) is 9.46. The maximum absolute atomic E-state index is 14.7. The van der Waals surface area contributed by atoms with E-state index in [2.05, 4.69) is 62.7 Å². The number of rotatable bonds is 16. The topological polar surface area (TPSA) is 196 Å². The number of alkyl halides is 3. The van der Waals surface area contributed by atoms with Crippen LogP contribution in [0.2, 0.25) is 0 Å². The number of likely N-dealkylation sites (tertiary alicyclic amines) is 1. The van der Waals surface area contributed by atoms with Gasteiger partial charge in [-0.25, -0.2) is 9.59 Å². The van der Waals surface area contributed by atoms with E-state index in [0.717, 1.165) is 97.1 Å². The molecule has 542 valence electrons. The van der Waals surface area contributed by atoms with Crippen molar-refractivity contribution in [2.45, 2.75) is 251 Å². The molecule has 3 N–H and O–H groups in total. The number of aryl methyl sites for hydroxylation is 2. The number of hydrogen-bond donors (Lipinski definition) is 3. The van der Waals surface area contributed by atoms with Gasteiger partial charge in [0.2, 0.25) is 0 Å². The van der Waals surface area contributed by atoms with E-state index in [-0.39, 0.29) is 88.2 Å². The molecule has 100 heavy (non-hydrogen) atoms. The second-order valence-corrected chi connectivity index (χ2v) is 33.0. The fourth-order valence-electron chi connectivity index (χ4n) is 22.1. The SMILES string of the molecule is CC1=C2C(=O)[C@H]3[C@@H](CC=C4C[C@@H](OC(=O)NCCCC(=O)CCc5ccccc5)CC[C@@]43C)[C@@H]2CC[C@]12O[C@@H]1C[C@H](C)CN(C(=O)C(F)(F)F)[C@H]1[C@H]2C.CC1=C2C(=O)[C@H]3[C@@H](CC=C4C[C@@H](OC(=O)NCCCC(=O)CCc5ccccc5)CC[C@@]43C)[C@@H]2CC[C@]12O[C@@H]1C[C@H](C)CN[C@H]1[C@H]2C. The Kier molecular flexibility index (Phi) is 20.8. The van der Waals surface area contributed by atoms with Gasteiger partial charge in [0, 0.05) is 99.0 Å². The molecular formula is C82H107F3N4O11. The van der Waals surface area contributed by atoms with E-state index in [0.29, 0.717) is 132 Å². The van der Waals surface area contributed by atoms with Crippen molar-refractivity contribution in [2.75, 3.05) is 26.2 Å². The van der Waals surface area contributed by atoms with E-state index in [1.807, 2.05) is 81.4 Å². The minimum atomic E-state index is -4.96. The second-order valence-electron chi connectivity index (χ2n) is 33.0. The summed E-state index contributed by atoms with van der Waals surface area (Å²) >= 11 is 0. The molecule has 2 aromatic rings. The summed E-state index contributed by atoms with van der Waals surface area (Å²) in [6, 6.07) is 19.6. The van der Waals surface area contributed by atoms with Crippen molar-refractivity contribution < 1.29 is 65.7 Å². The Morgan fingerprint density at radius 3 is 1.55 bits per heavy atom. The molecule has 14 rings (SSSR count). The molecule has 18 heteroatoms. The van der Waals surface area contributed by atoms with Gasteiger partial charge in [0.25, 0.3) is 0 Å². The van der Waals surface area contributed by atoms with Crippen LogP contribution < -0.4 is 16.0 Å². The van der Waals surface area contributed by atoms with Gasteiger partial charge in [-0.2, -0.15) is 13.2 Å². The number of allylic oxidation sites excluding steroid dienone is 4. The number of ketones is 4. The number of ether oxygens (including phenoxy) is 4. The Labute approximate surface area is 589 Å². The summed E-state index contributed by atoms with van der Waals surface area (Å²) < 4.78 is 66.7.